The number of carbonyl (C=O) groups is 1. The van der Waals surface area contributed by atoms with Gasteiger partial charge in [-0.3, -0.25) is 9.69 Å². The van der Waals surface area contributed by atoms with Crippen LogP contribution < -0.4 is 4.90 Å². The highest BCUT2D eigenvalue weighted by Gasteiger charge is 2.17. The molecule has 0 spiro atoms. The number of benzene rings is 2. The fraction of sp³-hybridized carbons (Fsp3) is 0.381. The number of para-hydroxylation sites is 1. The first kappa shape index (κ1) is 16.7. The average Bonchev–Trinajstić information content (AvgIpc) is 2.62. The molecule has 0 saturated carbocycles. The number of rotatable bonds is 4. The van der Waals surface area contributed by atoms with Crippen LogP contribution >= 0.6 is 0 Å². The lowest BCUT2D eigenvalue weighted by atomic mass is 9.99. The molecule has 24 heavy (non-hydrogen) atoms. The molecule has 0 aromatic heterocycles. The van der Waals surface area contributed by atoms with Crippen molar-refractivity contribution in [1.29, 1.82) is 0 Å². The van der Waals surface area contributed by atoms with Gasteiger partial charge in [-0.15, -0.1) is 0 Å². The van der Waals surface area contributed by atoms with E-state index in [0.717, 1.165) is 23.7 Å². The molecule has 1 unspecified atom stereocenters. The van der Waals surface area contributed by atoms with E-state index < -0.39 is 0 Å². The molecule has 1 amide bonds. The van der Waals surface area contributed by atoms with E-state index in [9.17, 15) is 4.79 Å². The lowest BCUT2D eigenvalue weighted by molar-refractivity contribution is 0.0993. The van der Waals surface area contributed by atoms with E-state index in [-0.39, 0.29) is 5.91 Å². The fourth-order valence-corrected chi connectivity index (χ4v) is 3.40. The number of hydrogen-bond donors (Lipinski definition) is 0. The smallest absolute Gasteiger partial charge is 0.258 e. The molecule has 0 aliphatic carbocycles. The molecule has 3 nitrogen and oxygen atoms in total. The van der Waals surface area contributed by atoms with Gasteiger partial charge in [0.2, 0.25) is 0 Å². The molecule has 1 fully saturated rings. The highest BCUT2D eigenvalue weighted by atomic mass is 16.2. The van der Waals surface area contributed by atoms with Crippen LogP contribution in [-0.4, -0.2) is 30.9 Å². The normalized spacial score (nSPS) is 18.3. The second-order valence-corrected chi connectivity index (χ2v) is 6.88. The molecule has 1 aliphatic heterocycles. The van der Waals surface area contributed by atoms with Gasteiger partial charge in [0.1, 0.15) is 0 Å². The van der Waals surface area contributed by atoms with Gasteiger partial charge < -0.3 is 4.90 Å². The van der Waals surface area contributed by atoms with Crippen LogP contribution in [0.3, 0.4) is 0 Å². The molecule has 1 saturated heterocycles. The Bertz CT molecular complexity index is 666. The highest BCUT2D eigenvalue weighted by molar-refractivity contribution is 6.05. The summed E-state index contributed by atoms with van der Waals surface area (Å²) in [5, 5.41) is 0. The standard InChI is InChI=1S/C21H26N2O/c1-17-7-6-14-23(15-17)16-18-10-12-19(13-11-18)21(24)22(2)20-8-4-3-5-9-20/h3-5,8-13,17H,6-7,14-16H2,1-2H3. The number of amides is 1. The lowest BCUT2D eigenvalue weighted by Gasteiger charge is -2.30. The Labute approximate surface area is 144 Å². The Hall–Kier alpha value is -2.13. The second kappa shape index (κ2) is 7.63. The van der Waals surface area contributed by atoms with Crippen molar-refractivity contribution in [3.8, 4) is 0 Å². The topological polar surface area (TPSA) is 23.6 Å². The number of likely N-dealkylation sites (tertiary alicyclic amines) is 1. The maximum Gasteiger partial charge on any atom is 0.258 e. The van der Waals surface area contributed by atoms with Crippen molar-refractivity contribution in [2.45, 2.75) is 26.3 Å². The zero-order chi connectivity index (χ0) is 16.9. The third-order valence-electron chi connectivity index (χ3n) is 4.80. The van der Waals surface area contributed by atoms with Gasteiger partial charge in [-0.05, 0) is 55.1 Å². The quantitative estimate of drug-likeness (QED) is 0.842. The Morgan fingerprint density at radius 2 is 1.83 bits per heavy atom. The molecule has 1 heterocycles. The second-order valence-electron chi connectivity index (χ2n) is 6.88. The van der Waals surface area contributed by atoms with Crippen LogP contribution in [-0.2, 0) is 6.54 Å². The summed E-state index contributed by atoms with van der Waals surface area (Å²) >= 11 is 0. The first-order valence-corrected chi connectivity index (χ1v) is 8.78. The minimum Gasteiger partial charge on any atom is -0.311 e. The summed E-state index contributed by atoms with van der Waals surface area (Å²) in [7, 11) is 1.82. The van der Waals surface area contributed by atoms with Crippen molar-refractivity contribution in [2.24, 2.45) is 5.92 Å². The van der Waals surface area contributed by atoms with Crippen molar-refractivity contribution < 1.29 is 4.79 Å². The molecule has 0 bridgehead atoms. The molecule has 126 valence electrons. The van der Waals surface area contributed by atoms with E-state index in [2.05, 4.69) is 24.0 Å². The van der Waals surface area contributed by atoms with Gasteiger partial charge in [-0.1, -0.05) is 37.3 Å². The summed E-state index contributed by atoms with van der Waals surface area (Å²) in [6.07, 6.45) is 2.63. The summed E-state index contributed by atoms with van der Waals surface area (Å²) in [6, 6.07) is 17.8. The van der Waals surface area contributed by atoms with E-state index in [1.54, 1.807) is 4.90 Å². The first-order valence-electron chi connectivity index (χ1n) is 8.78. The first-order chi connectivity index (χ1) is 11.6. The van der Waals surface area contributed by atoms with Crippen LogP contribution in [0.15, 0.2) is 54.6 Å². The number of carbonyl (C=O) groups excluding carboxylic acids is 1. The zero-order valence-electron chi connectivity index (χ0n) is 14.6. The third-order valence-corrected chi connectivity index (χ3v) is 4.80. The summed E-state index contributed by atoms with van der Waals surface area (Å²) < 4.78 is 0. The minimum absolute atomic E-state index is 0.0272. The van der Waals surface area contributed by atoms with Crippen molar-refractivity contribution >= 4 is 11.6 Å². The van der Waals surface area contributed by atoms with Crippen molar-refractivity contribution in [3.05, 3.63) is 65.7 Å². The molecule has 0 N–H and O–H groups in total. The Morgan fingerprint density at radius 1 is 1.12 bits per heavy atom. The van der Waals surface area contributed by atoms with Gasteiger partial charge in [0.25, 0.3) is 5.91 Å². The highest BCUT2D eigenvalue weighted by Crippen LogP contribution is 2.19. The van der Waals surface area contributed by atoms with Gasteiger partial charge in [-0.25, -0.2) is 0 Å². The van der Waals surface area contributed by atoms with Crippen molar-refractivity contribution in [2.75, 3.05) is 25.0 Å². The van der Waals surface area contributed by atoms with Gasteiger partial charge in [-0.2, -0.15) is 0 Å². The Balaban J connectivity index is 1.64. The summed E-state index contributed by atoms with van der Waals surface area (Å²) in [5.41, 5.74) is 2.93. The fourth-order valence-electron chi connectivity index (χ4n) is 3.40. The maximum atomic E-state index is 12.6. The molecule has 3 rings (SSSR count). The van der Waals surface area contributed by atoms with Crippen LogP contribution in [0.1, 0.15) is 35.7 Å². The van der Waals surface area contributed by atoms with Crippen LogP contribution in [0, 0.1) is 5.92 Å². The maximum absolute atomic E-state index is 12.6. The van der Waals surface area contributed by atoms with E-state index >= 15 is 0 Å². The molecular weight excluding hydrogens is 296 g/mol. The van der Waals surface area contributed by atoms with E-state index in [0.29, 0.717) is 0 Å². The predicted octanol–water partition coefficient (Wildman–Crippen LogP) is 4.20. The van der Waals surface area contributed by atoms with Crippen molar-refractivity contribution in [3.63, 3.8) is 0 Å². The molecule has 1 aliphatic rings. The number of anilines is 1. The van der Waals surface area contributed by atoms with Gasteiger partial charge in [0.15, 0.2) is 0 Å². The van der Waals surface area contributed by atoms with E-state index in [1.807, 2.05) is 49.5 Å². The van der Waals surface area contributed by atoms with Crippen LogP contribution in [0.2, 0.25) is 0 Å². The average molecular weight is 322 g/mol. The van der Waals surface area contributed by atoms with Crippen LogP contribution in [0.25, 0.3) is 0 Å². The number of nitrogens with zero attached hydrogens (tertiary/aromatic N) is 2. The monoisotopic (exact) mass is 322 g/mol. The van der Waals surface area contributed by atoms with Gasteiger partial charge in [0.05, 0.1) is 0 Å². The minimum atomic E-state index is 0.0272. The number of piperidine rings is 1. The Kier molecular flexibility index (Phi) is 5.31. The van der Waals surface area contributed by atoms with E-state index in [4.69, 9.17) is 0 Å². The Morgan fingerprint density at radius 3 is 2.50 bits per heavy atom. The molecule has 3 heteroatoms. The number of hydrogen-bond acceptors (Lipinski definition) is 2. The largest absolute Gasteiger partial charge is 0.311 e. The SMILES string of the molecule is CC1CCCN(Cc2ccc(C(=O)N(C)c3ccccc3)cc2)C1. The molecule has 2 aromatic rings. The molecule has 0 radical (unpaired) electrons. The zero-order valence-corrected chi connectivity index (χ0v) is 14.6. The predicted molar refractivity (Wildman–Crippen MR) is 99.3 cm³/mol. The summed E-state index contributed by atoms with van der Waals surface area (Å²) in [4.78, 5) is 16.8. The molecule has 2 aromatic carbocycles. The van der Waals surface area contributed by atoms with Crippen LogP contribution in [0.4, 0.5) is 5.69 Å². The van der Waals surface area contributed by atoms with E-state index in [1.165, 1.54) is 31.5 Å². The third kappa shape index (κ3) is 4.04. The molecular formula is C21H26N2O. The molecule has 1 atom stereocenters. The van der Waals surface area contributed by atoms with Gasteiger partial charge >= 0.3 is 0 Å². The summed E-state index contributed by atoms with van der Waals surface area (Å²) in [5.74, 6) is 0.818. The van der Waals surface area contributed by atoms with Crippen molar-refractivity contribution in [1.82, 2.24) is 4.90 Å². The summed E-state index contributed by atoms with van der Waals surface area (Å²) in [6.45, 7) is 5.67. The van der Waals surface area contributed by atoms with Gasteiger partial charge in [0, 0.05) is 31.4 Å². The van der Waals surface area contributed by atoms with Crippen LogP contribution in [0.5, 0.6) is 0 Å². The lowest BCUT2D eigenvalue weighted by Crippen LogP contribution is -2.33.